The molecule has 0 amide bonds. The third kappa shape index (κ3) is 3.06. The molecule has 2 aliphatic rings. The van der Waals surface area contributed by atoms with Gasteiger partial charge in [0, 0.05) is 19.2 Å². The summed E-state index contributed by atoms with van der Waals surface area (Å²) in [6.07, 6.45) is 1.58. The highest BCUT2D eigenvalue weighted by Gasteiger charge is 2.30. The normalized spacial score (nSPS) is 21.7. The number of hydrogen-bond acceptors (Lipinski definition) is 6. The second-order valence-electron chi connectivity index (χ2n) is 5.26. The van der Waals surface area contributed by atoms with Crippen molar-refractivity contribution < 1.29 is 22.8 Å². The quantitative estimate of drug-likeness (QED) is 0.441. The molecule has 0 N–H and O–H groups in total. The van der Waals surface area contributed by atoms with Crippen LogP contribution in [0.15, 0.2) is 23.1 Å². The number of epoxide rings is 1. The van der Waals surface area contributed by atoms with Crippen LogP contribution in [-0.2, 0) is 14.8 Å². The van der Waals surface area contributed by atoms with Crippen molar-refractivity contribution in [1.29, 1.82) is 0 Å². The second kappa shape index (κ2) is 5.82. The first-order chi connectivity index (χ1) is 10.5. The minimum Gasteiger partial charge on any atom is -0.484 e. The monoisotopic (exact) mass is 328 g/mol. The molecule has 22 heavy (non-hydrogen) atoms. The fourth-order valence-electron chi connectivity index (χ4n) is 2.35. The largest absolute Gasteiger partial charge is 0.484 e. The van der Waals surface area contributed by atoms with Gasteiger partial charge in [-0.05, 0) is 25.0 Å². The Labute approximate surface area is 127 Å². The Bertz CT molecular complexity index is 680. The number of benzene rings is 1. The predicted molar refractivity (Wildman–Crippen MR) is 76.3 cm³/mol. The third-order valence-corrected chi connectivity index (χ3v) is 5.55. The minimum absolute atomic E-state index is 0.0346. The Balaban J connectivity index is 1.88. The van der Waals surface area contributed by atoms with Crippen LogP contribution in [0, 0.1) is 10.1 Å². The smallest absolute Gasteiger partial charge is 0.312 e. The van der Waals surface area contributed by atoms with Gasteiger partial charge in [-0.15, -0.1) is 0 Å². The van der Waals surface area contributed by atoms with Gasteiger partial charge >= 0.3 is 5.69 Å². The molecule has 120 valence electrons. The van der Waals surface area contributed by atoms with Gasteiger partial charge in [-0.2, -0.15) is 4.31 Å². The Kier molecular flexibility index (Phi) is 4.02. The van der Waals surface area contributed by atoms with Crippen molar-refractivity contribution in [2.75, 3.05) is 26.3 Å². The Morgan fingerprint density at radius 3 is 2.64 bits per heavy atom. The topological polar surface area (TPSA) is 102 Å². The highest BCUT2D eigenvalue weighted by atomic mass is 32.2. The molecule has 0 bridgehead atoms. The standard InChI is InChI=1S/C13H16N2O6S/c16-15(17)12-7-11(22(18,19)14-5-1-2-6-14)3-4-13(12)21-9-10-8-20-10/h3-4,7,10H,1-2,5-6,8-9H2. The summed E-state index contributed by atoms with van der Waals surface area (Å²) in [7, 11) is -3.68. The van der Waals surface area contributed by atoms with Crippen LogP contribution in [0.5, 0.6) is 5.75 Å². The van der Waals surface area contributed by atoms with Crippen LogP contribution >= 0.6 is 0 Å². The zero-order chi connectivity index (χ0) is 15.7. The molecule has 2 saturated heterocycles. The molecule has 9 heteroatoms. The van der Waals surface area contributed by atoms with E-state index in [1.54, 1.807) is 0 Å². The Morgan fingerprint density at radius 2 is 2.05 bits per heavy atom. The molecule has 0 saturated carbocycles. The minimum atomic E-state index is -3.68. The van der Waals surface area contributed by atoms with Crippen LogP contribution in [0.1, 0.15) is 12.8 Å². The van der Waals surface area contributed by atoms with E-state index in [1.165, 1.54) is 16.4 Å². The molecule has 2 aliphatic heterocycles. The molecule has 1 aromatic carbocycles. The number of nitrogens with zero attached hydrogens (tertiary/aromatic N) is 2. The van der Waals surface area contributed by atoms with E-state index in [-0.39, 0.29) is 29.0 Å². The first kappa shape index (κ1) is 15.2. The van der Waals surface area contributed by atoms with Crippen molar-refractivity contribution in [1.82, 2.24) is 4.31 Å². The van der Waals surface area contributed by atoms with Crippen LogP contribution in [-0.4, -0.2) is 50.1 Å². The maximum Gasteiger partial charge on any atom is 0.312 e. The van der Waals surface area contributed by atoms with Gasteiger partial charge in [-0.1, -0.05) is 0 Å². The summed E-state index contributed by atoms with van der Waals surface area (Å²) in [4.78, 5) is 10.5. The number of ether oxygens (including phenoxy) is 2. The van der Waals surface area contributed by atoms with E-state index in [4.69, 9.17) is 9.47 Å². The molecule has 1 atom stereocenters. The van der Waals surface area contributed by atoms with Crippen LogP contribution in [0.3, 0.4) is 0 Å². The highest BCUT2D eigenvalue weighted by molar-refractivity contribution is 7.89. The average Bonchev–Trinajstić information content (AvgIpc) is 3.14. The lowest BCUT2D eigenvalue weighted by Gasteiger charge is -2.15. The van der Waals surface area contributed by atoms with Crippen LogP contribution in [0.25, 0.3) is 0 Å². The number of sulfonamides is 1. The molecule has 1 unspecified atom stereocenters. The fourth-order valence-corrected chi connectivity index (χ4v) is 3.88. The van der Waals surface area contributed by atoms with Crippen LogP contribution in [0.4, 0.5) is 5.69 Å². The lowest BCUT2D eigenvalue weighted by molar-refractivity contribution is -0.386. The Hall–Kier alpha value is -1.71. The van der Waals surface area contributed by atoms with Gasteiger partial charge in [0.1, 0.15) is 12.7 Å². The van der Waals surface area contributed by atoms with E-state index in [0.29, 0.717) is 19.7 Å². The van der Waals surface area contributed by atoms with Gasteiger partial charge in [-0.3, -0.25) is 10.1 Å². The van der Waals surface area contributed by atoms with E-state index in [1.807, 2.05) is 0 Å². The van der Waals surface area contributed by atoms with Crippen molar-refractivity contribution in [2.45, 2.75) is 23.8 Å². The maximum absolute atomic E-state index is 12.4. The van der Waals surface area contributed by atoms with Crippen molar-refractivity contribution >= 4 is 15.7 Å². The van der Waals surface area contributed by atoms with E-state index in [9.17, 15) is 18.5 Å². The highest BCUT2D eigenvalue weighted by Crippen LogP contribution is 2.32. The van der Waals surface area contributed by atoms with Gasteiger partial charge in [-0.25, -0.2) is 8.42 Å². The lowest BCUT2D eigenvalue weighted by Crippen LogP contribution is -2.27. The van der Waals surface area contributed by atoms with Gasteiger partial charge < -0.3 is 9.47 Å². The summed E-state index contributed by atoms with van der Waals surface area (Å²) in [6.45, 7) is 1.70. The van der Waals surface area contributed by atoms with Gasteiger partial charge in [0.25, 0.3) is 0 Å². The molecule has 1 aromatic rings. The lowest BCUT2D eigenvalue weighted by atomic mass is 10.3. The second-order valence-corrected chi connectivity index (χ2v) is 7.20. The molecular weight excluding hydrogens is 312 g/mol. The first-order valence-electron chi connectivity index (χ1n) is 7.01. The SMILES string of the molecule is O=[N+]([O-])c1cc(S(=O)(=O)N2CCCC2)ccc1OCC1CO1. The van der Waals surface area contributed by atoms with Crippen molar-refractivity contribution in [3.8, 4) is 5.75 Å². The molecule has 0 spiro atoms. The van der Waals surface area contributed by atoms with E-state index in [0.717, 1.165) is 18.9 Å². The van der Waals surface area contributed by atoms with E-state index in [2.05, 4.69) is 0 Å². The molecule has 0 radical (unpaired) electrons. The summed E-state index contributed by atoms with van der Waals surface area (Å²) < 4.78 is 36.5. The number of hydrogen-bond donors (Lipinski definition) is 0. The third-order valence-electron chi connectivity index (χ3n) is 3.66. The van der Waals surface area contributed by atoms with Crippen molar-refractivity contribution in [3.63, 3.8) is 0 Å². The summed E-state index contributed by atoms with van der Waals surface area (Å²) in [6, 6.07) is 3.75. The number of nitro groups is 1. The number of rotatable bonds is 6. The molecule has 0 aromatic heterocycles. The van der Waals surface area contributed by atoms with Crippen LogP contribution in [0.2, 0.25) is 0 Å². The van der Waals surface area contributed by atoms with Crippen molar-refractivity contribution in [2.24, 2.45) is 0 Å². The molecule has 3 rings (SSSR count). The molecule has 2 heterocycles. The van der Waals surface area contributed by atoms with E-state index < -0.39 is 14.9 Å². The predicted octanol–water partition coefficient (Wildman–Crippen LogP) is 1.16. The average molecular weight is 328 g/mol. The van der Waals surface area contributed by atoms with Crippen LogP contribution < -0.4 is 4.74 Å². The number of nitro benzene ring substituents is 1. The molecular formula is C13H16N2O6S. The summed E-state index contributed by atoms with van der Waals surface area (Å²) >= 11 is 0. The van der Waals surface area contributed by atoms with Crippen molar-refractivity contribution in [3.05, 3.63) is 28.3 Å². The Morgan fingerprint density at radius 1 is 1.36 bits per heavy atom. The first-order valence-corrected chi connectivity index (χ1v) is 8.45. The van der Waals surface area contributed by atoms with Gasteiger partial charge in [0.15, 0.2) is 5.75 Å². The zero-order valence-corrected chi connectivity index (χ0v) is 12.6. The summed E-state index contributed by atoms with van der Waals surface area (Å²) in [5.41, 5.74) is -0.346. The van der Waals surface area contributed by atoms with Gasteiger partial charge in [0.05, 0.1) is 16.4 Å². The molecule has 8 nitrogen and oxygen atoms in total. The van der Waals surface area contributed by atoms with E-state index >= 15 is 0 Å². The zero-order valence-electron chi connectivity index (χ0n) is 11.8. The molecule has 2 fully saturated rings. The fraction of sp³-hybridized carbons (Fsp3) is 0.538. The van der Waals surface area contributed by atoms with Gasteiger partial charge in [0.2, 0.25) is 10.0 Å². The summed E-state index contributed by atoms with van der Waals surface area (Å²) in [5.74, 6) is 0.0564. The maximum atomic E-state index is 12.4. The molecule has 0 aliphatic carbocycles. The summed E-state index contributed by atoms with van der Waals surface area (Å²) in [5, 5.41) is 11.2.